The molecule has 2 N–H and O–H groups in total. The molecule has 0 unspecified atom stereocenters. The third-order valence-corrected chi connectivity index (χ3v) is 3.12. The van der Waals surface area contributed by atoms with Crippen molar-refractivity contribution >= 4 is 23.0 Å². The van der Waals surface area contributed by atoms with Crippen LogP contribution >= 0.6 is 12.2 Å². The van der Waals surface area contributed by atoms with E-state index < -0.39 is 0 Å². The van der Waals surface area contributed by atoms with E-state index in [4.69, 9.17) is 18.0 Å². The monoisotopic (exact) mass is 271 g/mol. The van der Waals surface area contributed by atoms with Gasteiger partial charge in [0.05, 0.1) is 5.69 Å². The van der Waals surface area contributed by atoms with Crippen LogP contribution in [-0.2, 0) is 6.54 Å². The van der Waals surface area contributed by atoms with E-state index in [1.54, 1.807) is 0 Å². The number of nitrogens with two attached hydrogens (primary N) is 1. The fourth-order valence-electron chi connectivity index (χ4n) is 1.90. The van der Waals surface area contributed by atoms with E-state index in [1.807, 2.05) is 36.4 Å². The van der Waals surface area contributed by atoms with Gasteiger partial charge in [-0.25, -0.2) is 4.98 Å². The molecule has 19 heavy (non-hydrogen) atoms. The number of pyridine rings is 1. The van der Waals surface area contributed by atoms with Crippen molar-refractivity contribution < 1.29 is 0 Å². The molecule has 1 aromatic heterocycles. The number of thiocarbonyl (C=S) groups is 1. The van der Waals surface area contributed by atoms with Crippen molar-refractivity contribution in [2.75, 3.05) is 11.4 Å². The maximum Gasteiger partial charge on any atom is 0.129 e. The van der Waals surface area contributed by atoms with Crippen molar-refractivity contribution in [3.8, 4) is 0 Å². The van der Waals surface area contributed by atoms with E-state index in [2.05, 4.69) is 28.9 Å². The molecule has 0 atom stereocenters. The Balaban J connectivity index is 2.22. The first-order chi connectivity index (χ1) is 9.20. The highest BCUT2D eigenvalue weighted by atomic mass is 32.1. The highest BCUT2D eigenvalue weighted by molar-refractivity contribution is 7.80. The standard InChI is InChI=1S/C15H17N3S/c1-2-18(11-12-7-4-3-5-8-12)14-10-6-9-13(17-14)15(16)19/h3-10H,2,11H2,1H3,(H2,16,19). The van der Waals surface area contributed by atoms with Crippen molar-refractivity contribution in [3.63, 3.8) is 0 Å². The summed E-state index contributed by atoms with van der Waals surface area (Å²) in [5.74, 6) is 0.900. The predicted octanol–water partition coefficient (Wildman–Crippen LogP) is 2.74. The minimum absolute atomic E-state index is 0.331. The van der Waals surface area contributed by atoms with E-state index in [1.165, 1.54) is 5.56 Å². The smallest absolute Gasteiger partial charge is 0.129 e. The fourth-order valence-corrected chi connectivity index (χ4v) is 2.01. The molecule has 2 rings (SSSR count). The van der Waals surface area contributed by atoms with Crippen molar-refractivity contribution in [1.29, 1.82) is 0 Å². The predicted molar refractivity (Wildman–Crippen MR) is 83.3 cm³/mol. The lowest BCUT2D eigenvalue weighted by Crippen LogP contribution is -2.24. The van der Waals surface area contributed by atoms with Gasteiger partial charge in [-0.3, -0.25) is 0 Å². The number of hydrogen-bond donors (Lipinski definition) is 1. The Morgan fingerprint density at radius 2 is 1.89 bits per heavy atom. The first kappa shape index (κ1) is 13.5. The van der Waals surface area contributed by atoms with Crippen LogP contribution in [0.4, 0.5) is 5.82 Å². The summed E-state index contributed by atoms with van der Waals surface area (Å²) in [5.41, 5.74) is 7.55. The van der Waals surface area contributed by atoms with Gasteiger partial charge in [-0.1, -0.05) is 48.6 Å². The molecule has 0 amide bonds. The van der Waals surface area contributed by atoms with Gasteiger partial charge in [0.1, 0.15) is 10.8 Å². The molecular weight excluding hydrogens is 254 g/mol. The van der Waals surface area contributed by atoms with Gasteiger partial charge in [-0.15, -0.1) is 0 Å². The summed E-state index contributed by atoms with van der Waals surface area (Å²) in [6, 6.07) is 16.1. The van der Waals surface area contributed by atoms with Crippen molar-refractivity contribution in [1.82, 2.24) is 4.98 Å². The normalized spacial score (nSPS) is 10.2. The van der Waals surface area contributed by atoms with E-state index in [0.29, 0.717) is 10.7 Å². The Morgan fingerprint density at radius 1 is 1.16 bits per heavy atom. The Hall–Kier alpha value is -1.94. The van der Waals surface area contributed by atoms with Crippen LogP contribution < -0.4 is 10.6 Å². The molecule has 0 bridgehead atoms. The summed E-state index contributed by atoms with van der Waals surface area (Å²) in [5, 5.41) is 0. The Bertz CT molecular complexity index is 554. The molecule has 1 aromatic carbocycles. The summed E-state index contributed by atoms with van der Waals surface area (Å²) in [6.07, 6.45) is 0. The summed E-state index contributed by atoms with van der Waals surface area (Å²) < 4.78 is 0. The third-order valence-electron chi connectivity index (χ3n) is 2.91. The lowest BCUT2D eigenvalue weighted by molar-refractivity contribution is 0.813. The van der Waals surface area contributed by atoms with Crippen LogP contribution in [0.25, 0.3) is 0 Å². The molecule has 0 aliphatic rings. The number of hydrogen-bond acceptors (Lipinski definition) is 3. The lowest BCUT2D eigenvalue weighted by atomic mass is 10.2. The van der Waals surface area contributed by atoms with Gasteiger partial charge >= 0.3 is 0 Å². The molecule has 0 fully saturated rings. The van der Waals surface area contributed by atoms with Gasteiger partial charge < -0.3 is 10.6 Å². The topological polar surface area (TPSA) is 42.1 Å². The second-order valence-electron chi connectivity index (χ2n) is 4.25. The zero-order chi connectivity index (χ0) is 13.7. The fraction of sp³-hybridized carbons (Fsp3) is 0.200. The van der Waals surface area contributed by atoms with Gasteiger partial charge in [0, 0.05) is 13.1 Å². The average molecular weight is 271 g/mol. The number of aromatic nitrogens is 1. The highest BCUT2D eigenvalue weighted by Gasteiger charge is 2.08. The zero-order valence-electron chi connectivity index (χ0n) is 10.9. The molecule has 2 aromatic rings. The van der Waals surface area contributed by atoms with Gasteiger partial charge in [-0.05, 0) is 24.6 Å². The molecule has 0 spiro atoms. The number of rotatable bonds is 5. The molecule has 0 saturated heterocycles. The minimum atomic E-state index is 0.331. The summed E-state index contributed by atoms with van der Waals surface area (Å²) in [4.78, 5) is 7.02. The SMILES string of the molecule is CCN(Cc1ccccc1)c1cccc(C(N)=S)n1. The molecule has 0 aliphatic carbocycles. The molecule has 1 heterocycles. The Labute approximate surface area is 119 Å². The number of nitrogens with zero attached hydrogens (tertiary/aromatic N) is 2. The highest BCUT2D eigenvalue weighted by Crippen LogP contribution is 2.15. The van der Waals surface area contributed by atoms with E-state index in [-0.39, 0.29) is 0 Å². The average Bonchev–Trinajstić information content (AvgIpc) is 2.46. The second kappa shape index (κ2) is 6.29. The van der Waals surface area contributed by atoms with Gasteiger partial charge in [-0.2, -0.15) is 0 Å². The van der Waals surface area contributed by atoms with Gasteiger partial charge in [0.2, 0.25) is 0 Å². The first-order valence-electron chi connectivity index (χ1n) is 6.26. The zero-order valence-corrected chi connectivity index (χ0v) is 11.7. The van der Waals surface area contributed by atoms with Crippen LogP contribution in [0.15, 0.2) is 48.5 Å². The Kier molecular flexibility index (Phi) is 4.47. The molecule has 3 nitrogen and oxygen atoms in total. The van der Waals surface area contributed by atoms with Crippen molar-refractivity contribution in [3.05, 3.63) is 59.8 Å². The van der Waals surface area contributed by atoms with Crippen LogP contribution in [-0.4, -0.2) is 16.5 Å². The van der Waals surface area contributed by atoms with Gasteiger partial charge in [0.25, 0.3) is 0 Å². The maximum absolute atomic E-state index is 5.63. The van der Waals surface area contributed by atoms with Crippen molar-refractivity contribution in [2.45, 2.75) is 13.5 Å². The second-order valence-corrected chi connectivity index (χ2v) is 4.68. The van der Waals surface area contributed by atoms with E-state index >= 15 is 0 Å². The summed E-state index contributed by atoms with van der Waals surface area (Å²) in [6.45, 7) is 3.81. The van der Waals surface area contributed by atoms with Crippen molar-refractivity contribution in [2.24, 2.45) is 5.73 Å². The molecule has 98 valence electrons. The van der Waals surface area contributed by atoms with Crippen LogP contribution in [0.2, 0.25) is 0 Å². The molecule has 0 aliphatic heterocycles. The third kappa shape index (κ3) is 3.51. The molecule has 0 radical (unpaired) electrons. The largest absolute Gasteiger partial charge is 0.388 e. The maximum atomic E-state index is 5.63. The summed E-state index contributed by atoms with van der Waals surface area (Å²) >= 11 is 4.97. The Morgan fingerprint density at radius 3 is 2.53 bits per heavy atom. The quantitative estimate of drug-likeness (QED) is 0.849. The van der Waals surface area contributed by atoms with Crippen LogP contribution in [0.1, 0.15) is 18.2 Å². The van der Waals surface area contributed by atoms with Crippen LogP contribution in [0, 0.1) is 0 Å². The molecular formula is C15H17N3S. The lowest BCUT2D eigenvalue weighted by Gasteiger charge is -2.22. The van der Waals surface area contributed by atoms with E-state index in [9.17, 15) is 0 Å². The van der Waals surface area contributed by atoms with E-state index in [0.717, 1.165) is 18.9 Å². The number of benzene rings is 1. The first-order valence-corrected chi connectivity index (χ1v) is 6.67. The molecule has 0 saturated carbocycles. The van der Waals surface area contributed by atoms with Crippen LogP contribution in [0.3, 0.4) is 0 Å². The molecule has 4 heteroatoms. The van der Waals surface area contributed by atoms with Crippen LogP contribution in [0.5, 0.6) is 0 Å². The number of anilines is 1. The summed E-state index contributed by atoms with van der Waals surface area (Å²) in [7, 11) is 0. The van der Waals surface area contributed by atoms with Gasteiger partial charge in [0.15, 0.2) is 0 Å². The minimum Gasteiger partial charge on any atom is -0.388 e.